The van der Waals surface area contributed by atoms with E-state index in [1.165, 1.54) is 10.3 Å². The van der Waals surface area contributed by atoms with Gasteiger partial charge in [0.25, 0.3) is 0 Å². The van der Waals surface area contributed by atoms with E-state index >= 15 is 0 Å². The first-order valence-electron chi connectivity index (χ1n) is 9.18. The minimum Gasteiger partial charge on any atom is -0.315 e. The van der Waals surface area contributed by atoms with Crippen molar-refractivity contribution in [1.29, 1.82) is 0 Å². The van der Waals surface area contributed by atoms with Crippen LogP contribution in [-0.2, 0) is 19.9 Å². The molecule has 0 radical (unpaired) electrons. The summed E-state index contributed by atoms with van der Waals surface area (Å²) in [6.07, 6.45) is 5.12. The van der Waals surface area contributed by atoms with Crippen molar-refractivity contribution in [2.24, 2.45) is 7.05 Å². The minimum absolute atomic E-state index is 0.0375. The summed E-state index contributed by atoms with van der Waals surface area (Å²) in [5, 5.41) is 8.72. The van der Waals surface area contributed by atoms with E-state index in [1.807, 2.05) is 34.8 Å². The smallest absolute Gasteiger partial charge is 0.315 e. The molecule has 2 aromatic heterocycles. The van der Waals surface area contributed by atoms with Crippen molar-refractivity contribution < 1.29 is 4.79 Å². The normalized spacial score (nSPS) is 19.3. The first-order chi connectivity index (χ1) is 12.7. The fraction of sp³-hybridized carbons (Fsp3) is 0.421. The predicted molar refractivity (Wildman–Crippen MR) is 103 cm³/mol. The number of anilines is 1. The van der Waals surface area contributed by atoms with Gasteiger partial charge >= 0.3 is 6.03 Å². The Balaban J connectivity index is 1.41. The number of rotatable bonds is 2. The van der Waals surface area contributed by atoms with E-state index in [0.29, 0.717) is 0 Å². The monoisotopic (exact) mass is 367 g/mol. The van der Waals surface area contributed by atoms with Gasteiger partial charge in [0.15, 0.2) is 0 Å². The van der Waals surface area contributed by atoms with Gasteiger partial charge in [-0.05, 0) is 44.2 Å². The molecule has 1 saturated heterocycles. The van der Waals surface area contributed by atoms with Gasteiger partial charge in [0.1, 0.15) is 10.8 Å². The van der Waals surface area contributed by atoms with Crippen LogP contribution in [0.15, 0.2) is 24.3 Å². The van der Waals surface area contributed by atoms with Crippen LogP contribution in [0.1, 0.15) is 41.6 Å². The lowest BCUT2D eigenvalue weighted by atomic mass is 10.2. The molecule has 1 atom stereocenters. The standard InChI is InChI=1S/C19H21N5OS/c1-23-17(12-6-4-8-13(12)22-23)21-19(25)24-11-5-9-15(24)18-20-14-7-2-3-10-16(14)26-18/h2-3,7,10,15H,4-6,8-9,11H2,1H3,(H,21,25)/t15-/m0/s1. The molecule has 0 saturated carbocycles. The average molecular weight is 367 g/mol. The Morgan fingerprint density at radius 1 is 1.27 bits per heavy atom. The van der Waals surface area contributed by atoms with Gasteiger partial charge < -0.3 is 4.90 Å². The van der Waals surface area contributed by atoms with Crippen molar-refractivity contribution in [1.82, 2.24) is 19.7 Å². The maximum atomic E-state index is 13.0. The number of likely N-dealkylation sites (tertiary alicyclic amines) is 1. The molecule has 7 heteroatoms. The number of carbonyl (C=O) groups excluding carboxylic acids is 1. The summed E-state index contributed by atoms with van der Waals surface area (Å²) >= 11 is 1.70. The molecule has 1 N–H and O–H groups in total. The van der Waals surface area contributed by atoms with Crippen LogP contribution >= 0.6 is 11.3 Å². The molecule has 1 aliphatic heterocycles. The van der Waals surface area contributed by atoms with Crippen molar-refractivity contribution >= 4 is 33.4 Å². The van der Waals surface area contributed by atoms with Gasteiger partial charge in [0.05, 0.1) is 22.0 Å². The Kier molecular flexibility index (Phi) is 3.70. The van der Waals surface area contributed by atoms with Crippen LogP contribution in [0.4, 0.5) is 10.6 Å². The molecular formula is C19H21N5OS. The topological polar surface area (TPSA) is 63.1 Å². The molecule has 6 nitrogen and oxygen atoms in total. The number of hydrogen-bond donors (Lipinski definition) is 1. The quantitative estimate of drug-likeness (QED) is 0.747. The molecule has 5 rings (SSSR count). The number of thiazole rings is 1. The molecule has 3 aromatic rings. The van der Waals surface area contributed by atoms with Gasteiger partial charge in [-0.2, -0.15) is 5.10 Å². The van der Waals surface area contributed by atoms with Gasteiger partial charge in [-0.3, -0.25) is 10.00 Å². The molecule has 1 fully saturated rings. The molecule has 1 aliphatic carbocycles. The number of nitrogens with one attached hydrogen (secondary N) is 1. The number of carbonyl (C=O) groups is 1. The van der Waals surface area contributed by atoms with Crippen molar-refractivity contribution in [3.8, 4) is 0 Å². The number of hydrogen-bond acceptors (Lipinski definition) is 4. The molecule has 3 heterocycles. The third kappa shape index (κ3) is 2.49. The minimum atomic E-state index is -0.0375. The first-order valence-corrected chi connectivity index (χ1v) is 10.00. The van der Waals surface area contributed by atoms with Gasteiger partial charge in [-0.1, -0.05) is 12.1 Å². The molecule has 0 bridgehead atoms. The Bertz CT molecular complexity index is 958. The Morgan fingerprint density at radius 2 is 2.15 bits per heavy atom. The van der Waals surface area contributed by atoms with Crippen molar-refractivity contribution in [3.63, 3.8) is 0 Å². The second kappa shape index (κ2) is 6.09. The first kappa shape index (κ1) is 15.8. The summed E-state index contributed by atoms with van der Waals surface area (Å²) in [6, 6.07) is 8.20. The number of fused-ring (bicyclic) bond motifs is 2. The van der Waals surface area contributed by atoms with E-state index in [0.717, 1.165) is 60.7 Å². The summed E-state index contributed by atoms with van der Waals surface area (Å²) in [6.45, 7) is 0.770. The molecule has 134 valence electrons. The average Bonchev–Trinajstić information content (AvgIpc) is 3.38. The third-order valence-corrected chi connectivity index (χ3v) is 6.54. The summed E-state index contributed by atoms with van der Waals surface area (Å²) in [7, 11) is 1.91. The number of para-hydroxylation sites is 1. The molecule has 0 unspecified atom stereocenters. The van der Waals surface area contributed by atoms with E-state index in [1.54, 1.807) is 11.3 Å². The lowest BCUT2D eigenvalue weighted by Gasteiger charge is -2.23. The van der Waals surface area contributed by atoms with Crippen molar-refractivity contribution in [3.05, 3.63) is 40.5 Å². The lowest BCUT2D eigenvalue weighted by Crippen LogP contribution is -2.35. The lowest BCUT2D eigenvalue weighted by molar-refractivity contribution is 0.207. The third-order valence-electron chi connectivity index (χ3n) is 5.40. The summed E-state index contributed by atoms with van der Waals surface area (Å²) in [5.41, 5.74) is 3.35. The fourth-order valence-corrected chi connectivity index (χ4v) is 5.26. The molecule has 0 spiro atoms. The zero-order valence-electron chi connectivity index (χ0n) is 14.7. The van der Waals surface area contributed by atoms with Crippen LogP contribution in [0.2, 0.25) is 0 Å². The predicted octanol–water partition coefficient (Wildman–Crippen LogP) is 3.89. The Labute approximate surface area is 155 Å². The Hall–Kier alpha value is -2.41. The SMILES string of the molecule is Cn1nc2c(c1NC(=O)N1CCC[C@H]1c1nc3ccccc3s1)CCC2. The van der Waals surface area contributed by atoms with Crippen LogP contribution in [0.5, 0.6) is 0 Å². The molecule has 2 aliphatic rings. The van der Waals surface area contributed by atoms with Crippen LogP contribution < -0.4 is 5.32 Å². The van der Waals surface area contributed by atoms with Gasteiger partial charge in [0, 0.05) is 19.2 Å². The van der Waals surface area contributed by atoms with Gasteiger partial charge in [-0.25, -0.2) is 9.78 Å². The number of aromatic nitrogens is 3. The van der Waals surface area contributed by atoms with E-state index < -0.39 is 0 Å². The second-order valence-corrected chi connectivity index (χ2v) is 8.11. The van der Waals surface area contributed by atoms with E-state index in [9.17, 15) is 4.79 Å². The second-order valence-electron chi connectivity index (χ2n) is 7.05. The number of benzene rings is 1. The van der Waals surface area contributed by atoms with E-state index in [-0.39, 0.29) is 12.1 Å². The molecular weight excluding hydrogens is 346 g/mol. The number of aryl methyl sites for hydroxylation is 2. The molecule has 2 amide bonds. The maximum Gasteiger partial charge on any atom is 0.323 e. The van der Waals surface area contributed by atoms with Crippen LogP contribution in [0, 0.1) is 0 Å². The summed E-state index contributed by atoms with van der Waals surface area (Å²) < 4.78 is 2.99. The molecule has 1 aromatic carbocycles. The van der Waals surface area contributed by atoms with Crippen LogP contribution in [0.25, 0.3) is 10.2 Å². The highest BCUT2D eigenvalue weighted by Gasteiger charge is 2.33. The largest absolute Gasteiger partial charge is 0.323 e. The van der Waals surface area contributed by atoms with Crippen LogP contribution in [0.3, 0.4) is 0 Å². The molecule has 26 heavy (non-hydrogen) atoms. The zero-order chi connectivity index (χ0) is 17.7. The van der Waals surface area contributed by atoms with Gasteiger partial charge in [-0.15, -0.1) is 11.3 Å². The van der Waals surface area contributed by atoms with Gasteiger partial charge in [0.2, 0.25) is 0 Å². The van der Waals surface area contributed by atoms with Crippen LogP contribution in [-0.4, -0.2) is 32.2 Å². The zero-order valence-corrected chi connectivity index (χ0v) is 15.6. The highest BCUT2D eigenvalue weighted by atomic mass is 32.1. The van der Waals surface area contributed by atoms with E-state index in [4.69, 9.17) is 4.98 Å². The number of nitrogens with zero attached hydrogens (tertiary/aromatic N) is 4. The number of amides is 2. The highest BCUT2D eigenvalue weighted by Crippen LogP contribution is 2.37. The highest BCUT2D eigenvalue weighted by molar-refractivity contribution is 7.18. The van der Waals surface area contributed by atoms with Crippen molar-refractivity contribution in [2.75, 3.05) is 11.9 Å². The maximum absolute atomic E-state index is 13.0. The Morgan fingerprint density at radius 3 is 3.04 bits per heavy atom. The number of urea groups is 1. The van der Waals surface area contributed by atoms with Crippen molar-refractivity contribution in [2.45, 2.75) is 38.1 Å². The summed E-state index contributed by atoms with van der Waals surface area (Å²) in [5.74, 6) is 0.859. The summed E-state index contributed by atoms with van der Waals surface area (Å²) in [4.78, 5) is 19.7. The fourth-order valence-electron chi connectivity index (χ4n) is 4.15. The van der Waals surface area contributed by atoms with E-state index in [2.05, 4.69) is 16.5 Å².